The number of ketones is 1. The van der Waals surface area contributed by atoms with E-state index < -0.39 is 17.6 Å². The van der Waals surface area contributed by atoms with Crippen molar-refractivity contribution in [3.05, 3.63) is 52.1 Å². The van der Waals surface area contributed by atoms with Crippen molar-refractivity contribution in [2.24, 2.45) is 7.05 Å². The highest BCUT2D eigenvalue weighted by molar-refractivity contribution is 6.43. The van der Waals surface area contributed by atoms with Crippen LogP contribution in [-0.4, -0.2) is 39.4 Å². The molecule has 2 aromatic rings. The van der Waals surface area contributed by atoms with Crippen LogP contribution in [0.15, 0.2) is 18.2 Å². The molecule has 8 heteroatoms. The minimum Gasteiger partial charge on any atom is -0.393 e. The lowest BCUT2D eigenvalue weighted by molar-refractivity contribution is -0.118. The van der Waals surface area contributed by atoms with Crippen molar-refractivity contribution in [1.82, 2.24) is 9.88 Å². The van der Waals surface area contributed by atoms with Crippen molar-refractivity contribution >= 4 is 23.3 Å². The second kappa shape index (κ2) is 9.09. The molecule has 0 aliphatic heterocycles. The van der Waals surface area contributed by atoms with E-state index in [-0.39, 0.29) is 29.6 Å². The summed E-state index contributed by atoms with van der Waals surface area (Å²) >= 11 is 0. The molecule has 0 spiro atoms. The Morgan fingerprint density at radius 3 is 2.36 bits per heavy atom. The zero-order valence-corrected chi connectivity index (χ0v) is 19.2. The Hall–Kier alpha value is -3.00. The summed E-state index contributed by atoms with van der Waals surface area (Å²) in [6.07, 6.45) is 3.98. The first kappa shape index (κ1) is 23.2. The zero-order chi connectivity index (χ0) is 23.9. The van der Waals surface area contributed by atoms with Gasteiger partial charge in [-0.1, -0.05) is 0 Å². The number of nitrogens with one attached hydrogen (secondary N) is 2. The van der Waals surface area contributed by atoms with E-state index in [9.17, 15) is 23.9 Å². The predicted molar refractivity (Wildman–Crippen MR) is 122 cm³/mol. The third-order valence-electron chi connectivity index (χ3n) is 6.88. The number of aromatic nitrogens is 1. The van der Waals surface area contributed by atoms with Gasteiger partial charge in [-0.2, -0.15) is 0 Å². The van der Waals surface area contributed by atoms with Crippen molar-refractivity contribution in [2.75, 3.05) is 5.32 Å². The zero-order valence-electron chi connectivity index (χ0n) is 19.2. The van der Waals surface area contributed by atoms with Gasteiger partial charge < -0.3 is 20.3 Å². The first-order valence-corrected chi connectivity index (χ1v) is 11.5. The number of carbonyl (C=O) groups is 3. The van der Waals surface area contributed by atoms with Crippen LogP contribution in [0.1, 0.15) is 82.1 Å². The number of aliphatic hydroxyl groups excluding tert-OH is 1. The smallest absolute Gasteiger partial charge is 0.294 e. The molecule has 4 rings (SSSR count). The molecular formula is C25H30FN3O4. The Bertz CT molecular complexity index is 1110. The summed E-state index contributed by atoms with van der Waals surface area (Å²) in [7, 11) is 1.65. The van der Waals surface area contributed by atoms with Gasteiger partial charge in [0, 0.05) is 24.5 Å². The third kappa shape index (κ3) is 4.71. The van der Waals surface area contributed by atoms with Crippen LogP contribution in [0.3, 0.4) is 0 Å². The number of benzene rings is 1. The topological polar surface area (TPSA) is 100 Å². The summed E-state index contributed by atoms with van der Waals surface area (Å²) in [5.41, 5.74) is 2.59. The number of aliphatic hydroxyl groups is 1. The SMILES string of the molecule is Cc1c(C(=O)Nc2ccc(F)c(C3CC3)c2)c(C)n(C)c1C(=O)C(=O)NC1CCC(O)CC1. The monoisotopic (exact) mass is 455 g/mol. The van der Waals surface area contributed by atoms with Crippen LogP contribution in [0.4, 0.5) is 10.1 Å². The van der Waals surface area contributed by atoms with Crippen LogP contribution in [0.25, 0.3) is 0 Å². The lowest BCUT2D eigenvalue weighted by Crippen LogP contribution is -2.42. The second-order valence-corrected chi connectivity index (χ2v) is 9.27. The number of amides is 2. The van der Waals surface area contributed by atoms with Gasteiger partial charge in [-0.25, -0.2) is 4.39 Å². The highest BCUT2D eigenvalue weighted by Crippen LogP contribution is 2.42. The average molecular weight is 456 g/mol. The molecule has 2 aliphatic carbocycles. The molecule has 2 amide bonds. The molecule has 33 heavy (non-hydrogen) atoms. The first-order chi connectivity index (χ1) is 15.7. The van der Waals surface area contributed by atoms with Crippen LogP contribution < -0.4 is 10.6 Å². The van der Waals surface area contributed by atoms with E-state index in [0.29, 0.717) is 53.8 Å². The lowest BCUT2D eigenvalue weighted by atomic mass is 9.93. The summed E-state index contributed by atoms with van der Waals surface area (Å²) in [6.45, 7) is 3.37. The Labute approximate surface area is 192 Å². The summed E-state index contributed by atoms with van der Waals surface area (Å²) in [5, 5.41) is 15.2. The third-order valence-corrected chi connectivity index (χ3v) is 6.88. The van der Waals surface area contributed by atoms with Crippen LogP contribution in [0.2, 0.25) is 0 Å². The van der Waals surface area contributed by atoms with Gasteiger partial charge >= 0.3 is 0 Å². The Morgan fingerprint density at radius 2 is 1.73 bits per heavy atom. The Morgan fingerprint density at radius 1 is 1.06 bits per heavy atom. The number of anilines is 1. The van der Waals surface area contributed by atoms with Crippen LogP contribution in [0.5, 0.6) is 0 Å². The Balaban J connectivity index is 1.52. The van der Waals surface area contributed by atoms with Gasteiger partial charge in [0.1, 0.15) is 5.82 Å². The molecule has 1 heterocycles. The van der Waals surface area contributed by atoms with E-state index in [2.05, 4.69) is 10.6 Å². The summed E-state index contributed by atoms with van der Waals surface area (Å²) in [6, 6.07) is 4.40. The van der Waals surface area contributed by atoms with Gasteiger partial charge in [-0.05, 0) is 87.6 Å². The average Bonchev–Trinajstić information content (AvgIpc) is 3.58. The largest absolute Gasteiger partial charge is 0.393 e. The highest BCUT2D eigenvalue weighted by atomic mass is 19.1. The van der Waals surface area contributed by atoms with Crippen molar-refractivity contribution in [1.29, 1.82) is 0 Å². The fraction of sp³-hybridized carbons (Fsp3) is 0.480. The molecule has 2 saturated carbocycles. The van der Waals surface area contributed by atoms with Crippen LogP contribution in [-0.2, 0) is 11.8 Å². The summed E-state index contributed by atoms with van der Waals surface area (Å²) in [4.78, 5) is 38.7. The maximum atomic E-state index is 14.1. The highest BCUT2D eigenvalue weighted by Gasteiger charge is 2.31. The molecular weight excluding hydrogens is 425 g/mol. The fourth-order valence-electron chi connectivity index (χ4n) is 4.73. The van der Waals surface area contributed by atoms with Crippen LogP contribution in [0, 0.1) is 19.7 Å². The van der Waals surface area contributed by atoms with Gasteiger partial charge in [0.15, 0.2) is 0 Å². The van der Waals surface area contributed by atoms with E-state index >= 15 is 0 Å². The molecule has 0 saturated heterocycles. The van der Waals surface area contributed by atoms with E-state index in [1.54, 1.807) is 31.5 Å². The molecule has 0 unspecified atom stereocenters. The number of rotatable bonds is 6. The van der Waals surface area contributed by atoms with Crippen molar-refractivity contribution in [3.8, 4) is 0 Å². The molecule has 0 bridgehead atoms. The fourth-order valence-corrected chi connectivity index (χ4v) is 4.73. The van der Waals surface area contributed by atoms with Crippen molar-refractivity contribution in [3.63, 3.8) is 0 Å². The number of carbonyl (C=O) groups excluding carboxylic acids is 3. The minimum absolute atomic E-state index is 0.145. The van der Waals surface area contributed by atoms with Crippen molar-refractivity contribution in [2.45, 2.75) is 70.4 Å². The normalized spacial score (nSPS) is 20.4. The van der Waals surface area contributed by atoms with E-state index in [4.69, 9.17) is 0 Å². The number of Topliss-reactive ketones (excluding diaryl/α,β-unsaturated/α-hetero) is 1. The summed E-state index contributed by atoms with van der Waals surface area (Å²) < 4.78 is 15.6. The van der Waals surface area contributed by atoms with Gasteiger partial charge in [0.2, 0.25) is 0 Å². The van der Waals surface area contributed by atoms with E-state index in [1.807, 2.05) is 0 Å². The minimum atomic E-state index is -0.709. The summed E-state index contributed by atoms with van der Waals surface area (Å²) in [5.74, 6) is -1.87. The molecule has 0 atom stereocenters. The number of halogens is 1. The van der Waals surface area contributed by atoms with E-state index in [1.165, 1.54) is 12.1 Å². The van der Waals surface area contributed by atoms with Gasteiger partial charge in [-0.3, -0.25) is 14.4 Å². The first-order valence-electron chi connectivity index (χ1n) is 11.5. The lowest BCUT2D eigenvalue weighted by Gasteiger charge is -2.25. The molecule has 176 valence electrons. The molecule has 1 aromatic carbocycles. The standard InChI is InChI=1S/C25H30FN3O4/c1-13-21(24(32)28-17-8-11-20(26)19(12-17)15-4-5-15)14(2)29(3)22(13)23(31)25(33)27-16-6-9-18(30)10-7-16/h8,11-12,15-16,18,30H,4-7,9-10H2,1-3H3,(H,27,33)(H,28,32). The quantitative estimate of drug-likeness (QED) is 0.458. The molecule has 2 aliphatic rings. The van der Waals surface area contributed by atoms with Gasteiger partial charge in [0.05, 0.1) is 17.4 Å². The predicted octanol–water partition coefficient (Wildman–Crippen LogP) is 3.51. The van der Waals surface area contributed by atoms with Crippen molar-refractivity contribution < 1.29 is 23.9 Å². The second-order valence-electron chi connectivity index (χ2n) is 9.27. The molecule has 0 radical (unpaired) electrons. The van der Waals surface area contributed by atoms with E-state index in [0.717, 1.165) is 12.8 Å². The number of nitrogens with zero attached hydrogens (tertiary/aromatic N) is 1. The Kier molecular flexibility index (Phi) is 6.38. The van der Waals surface area contributed by atoms with Crippen LogP contribution >= 0.6 is 0 Å². The number of hydrogen-bond donors (Lipinski definition) is 3. The number of hydrogen-bond acceptors (Lipinski definition) is 4. The van der Waals surface area contributed by atoms with Gasteiger partial charge in [-0.15, -0.1) is 0 Å². The maximum Gasteiger partial charge on any atom is 0.294 e. The molecule has 3 N–H and O–H groups in total. The molecule has 2 fully saturated rings. The maximum absolute atomic E-state index is 14.1. The van der Waals surface area contributed by atoms with Gasteiger partial charge in [0.25, 0.3) is 17.6 Å². The molecule has 7 nitrogen and oxygen atoms in total. The molecule has 1 aromatic heterocycles.